The summed E-state index contributed by atoms with van der Waals surface area (Å²) in [5.74, 6) is 0.489. The summed E-state index contributed by atoms with van der Waals surface area (Å²) in [6, 6.07) is -0.0602. The first kappa shape index (κ1) is 13.8. The molecule has 2 rings (SSSR count). The highest BCUT2D eigenvalue weighted by atomic mass is 16.5. The van der Waals surface area contributed by atoms with Crippen molar-refractivity contribution in [2.75, 3.05) is 33.4 Å². The van der Waals surface area contributed by atoms with Crippen LogP contribution in [-0.4, -0.2) is 51.0 Å². The van der Waals surface area contributed by atoms with Crippen molar-refractivity contribution >= 4 is 5.91 Å². The molecule has 2 N–H and O–H groups in total. The van der Waals surface area contributed by atoms with E-state index in [9.17, 15) is 4.79 Å². The summed E-state index contributed by atoms with van der Waals surface area (Å²) in [5.41, 5.74) is -0.326. The minimum atomic E-state index is -0.326. The fourth-order valence-corrected chi connectivity index (χ4v) is 2.72. The van der Waals surface area contributed by atoms with Gasteiger partial charge in [0.15, 0.2) is 0 Å². The van der Waals surface area contributed by atoms with Crippen molar-refractivity contribution in [2.45, 2.75) is 37.8 Å². The Labute approximate surface area is 109 Å². The van der Waals surface area contributed by atoms with Crippen LogP contribution >= 0.6 is 0 Å². The molecule has 1 amide bonds. The molecule has 18 heavy (non-hydrogen) atoms. The van der Waals surface area contributed by atoms with Gasteiger partial charge < -0.3 is 20.1 Å². The lowest BCUT2D eigenvalue weighted by molar-refractivity contribution is -0.126. The maximum absolute atomic E-state index is 12.2. The minimum Gasteiger partial charge on any atom is -0.378 e. The van der Waals surface area contributed by atoms with Crippen molar-refractivity contribution in [1.29, 1.82) is 0 Å². The van der Waals surface area contributed by atoms with E-state index in [1.807, 2.05) is 0 Å². The Kier molecular flexibility index (Phi) is 4.59. The van der Waals surface area contributed by atoms with E-state index in [1.54, 1.807) is 7.11 Å². The number of carbonyl (C=O) groups excluding carboxylic acids is 1. The molecule has 0 spiro atoms. The summed E-state index contributed by atoms with van der Waals surface area (Å²) in [5, 5.41) is 6.30. The summed E-state index contributed by atoms with van der Waals surface area (Å²) < 4.78 is 10.9. The molecule has 0 aliphatic carbocycles. The SMILES string of the molecule is COC1(CNC(=O)C2NCCCC2C)CCOC1. The molecule has 104 valence electrons. The molecule has 2 saturated heterocycles. The molecule has 5 heteroatoms. The first-order valence-electron chi connectivity index (χ1n) is 6.81. The molecule has 2 aliphatic rings. The van der Waals surface area contributed by atoms with Crippen LogP contribution in [0.15, 0.2) is 0 Å². The molecule has 2 aliphatic heterocycles. The van der Waals surface area contributed by atoms with E-state index in [4.69, 9.17) is 9.47 Å². The van der Waals surface area contributed by atoms with Gasteiger partial charge in [0.05, 0.1) is 12.6 Å². The van der Waals surface area contributed by atoms with E-state index in [-0.39, 0.29) is 17.6 Å². The summed E-state index contributed by atoms with van der Waals surface area (Å²) in [4.78, 5) is 12.2. The van der Waals surface area contributed by atoms with Crippen LogP contribution in [0.3, 0.4) is 0 Å². The second kappa shape index (κ2) is 5.99. The Morgan fingerprint density at radius 1 is 1.61 bits per heavy atom. The summed E-state index contributed by atoms with van der Waals surface area (Å²) in [6.45, 7) is 4.87. The van der Waals surface area contributed by atoms with E-state index in [1.165, 1.54) is 0 Å². The van der Waals surface area contributed by atoms with Gasteiger partial charge in [-0.2, -0.15) is 0 Å². The first-order chi connectivity index (χ1) is 8.67. The Hall–Kier alpha value is -0.650. The predicted octanol–water partition coefficient (Wildman–Crippen LogP) is 0.296. The number of methoxy groups -OCH3 is 1. The maximum atomic E-state index is 12.2. The van der Waals surface area contributed by atoms with E-state index in [2.05, 4.69) is 17.6 Å². The van der Waals surface area contributed by atoms with Crippen LogP contribution in [0.1, 0.15) is 26.2 Å². The van der Waals surface area contributed by atoms with Crippen LogP contribution in [-0.2, 0) is 14.3 Å². The van der Waals surface area contributed by atoms with Gasteiger partial charge in [-0.15, -0.1) is 0 Å². The van der Waals surface area contributed by atoms with Crippen molar-refractivity contribution in [3.8, 4) is 0 Å². The fourth-order valence-electron chi connectivity index (χ4n) is 2.72. The minimum absolute atomic E-state index is 0.0602. The fraction of sp³-hybridized carbons (Fsp3) is 0.923. The van der Waals surface area contributed by atoms with Crippen molar-refractivity contribution in [2.24, 2.45) is 5.92 Å². The Balaban J connectivity index is 1.83. The van der Waals surface area contributed by atoms with Gasteiger partial charge >= 0.3 is 0 Å². The molecule has 0 bridgehead atoms. The number of ether oxygens (including phenoxy) is 2. The van der Waals surface area contributed by atoms with Crippen LogP contribution in [0.4, 0.5) is 0 Å². The number of hydrogen-bond acceptors (Lipinski definition) is 4. The molecule has 0 aromatic rings. The van der Waals surface area contributed by atoms with Crippen LogP contribution < -0.4 is 10.6 Å². The second-order valence-corrected chi connectivity index (χ2v) is 5.46. The smallest absolute Gasteiger partial charge is 0.237 e. The highest BCUT2D eigenvalue weighted by Crippen LogP contribution is 2.22. The van der Waals surface area contributed by atoms with E-state index >= 15 is 0 Å². The summed E-state index contributed by atoms with van der Waals surface area (Å²) in [6.07, 6.45) is 3.11. The van der Waals surface area contributed by atoms with Gasteiger partial charge in [0.25, 0.3) is 0 Å². The molecule has 0 aromatic carbocycles. The Morgan fingerprint density at radius 2 is 2.44 bits per heavy atom. The number of hydrogen-bond donors (Lipinski definition) is 2. The lowest BCUT2D eigenvalue weighted by Crippen LogP contribution is -2.54. The average Bonchev–Trinajstić information content (AvgIpc) is 2.86. The summed E-state index contributed by atoms with van der Waals surface area (Å²) >= 11 is 0. The zero-order valence-electron chi connectivity index (χ0n) is 11.3. The molecule has 5 nitrogen and oxygen atoms in total. The molecule has 2 fully saturated rings. The lowest BCUT2D eigenvalue weighted by Gasteiger charge is -2.31. The van der Waals surface area contributed by atoms with Crippen LogP contribution in [0, 0.1) is 5.92 Å². The van der Waals surface area contributed by atoms with Gasteiger partial charge in [0.1, 0.15) is 5.60 Å². The quantitative estimate of drug-likeness (QED) is 0.759. The van der Waals surface area contributed by atoms with Crippen molar-refractivity contribution in [3.05, 3.63) is 0 Å². The van der Waals surface area contributed by atoms with Crippen molar-refractivity contribution in [1.82, 2.24) is 10.6 Å². The zero-order chi connectivity index (χ0) is 13.0. The average molecular weight is 256 g/mol. The van der Waals surface area contributed by atoms with Crippen LogP contribution in [0.2, 0.25) is 0 Å². The molecule has 3 unspecified atom stereocenters. The highest BCUT2D eigenvalue weighted by Gasteiger charge is 2.36. The molecular formula is C13H24N2O3. The number of rotatable bonds is 4. The normalized spacial score (nSPS) is 36.6. The largest absolute Gasteiger partial charge is 0.378 e. The Bertz CT molecular complexity index is 290. The van der Waals surface area contributed by atoms with E-state index in [0.29, 0.717) is 25.7 Å². The lowest BCUT2D eigenvalue weighted by atomic mass is 9.92. The molecule has 0 radical (unpaired) electrons. The monoisotopic (exact) mass is 256 g/mol. The Morgan fingerprint density at radius 3 is 3.06 bits per heavy atom. The third-order valence-electron chi connectivity index (χ3n) is 4.14. The number of piperidine rings is 1. The van der Waals surface area contributed by atoms with Gasteiger partial charge in [-0.1, -0.05) is 6.92 Å². The second-order valence-electron chi connectivity index (χ2n) is 5.46. The number of nitrogens with one attached hydrogen (secondary N) is 2. The number of carbonyl (C=O) groups is 1. The topological polar surface area (TPSA) is 59.6 Å². The number of amides is 1. The van der Waals surface area contributed by atoms with Crippen molar-refractivity contribution < 1.29 is 14.3 Å². The third-order valence-corrected chi connectivity index (χ3v) is 4.14. The molecular weight excluding hydrogens is 232 g/mol. The highest BCUT2D eigenvalue weighted by molar-refractivity contribution is 5.82. The van der Waals surface area contributed by atoms with E-state index in [0.717, 1.165) is 25.8 Å². The van der Waals surface area contributed by atoms with Gasteiger partial charge in [-0.25, -0.2) is 0 Å². The third kappa shape index (κ3) is 3.02. The first-order valence-corrected chi connectivity index (χ1v) is 6.81. The van der Waals surface area contributed by atoms with Crippen LogP contribution in [0.25, 0.3) is 0 Å². The van der Waals surface area contributed by atoms with E-state index < -0.39 is 0 Å². The maximum Gasteiger partial charge on any atom is 0.237 e. The van der Waals surface area contributed by atoms with Gasteiger partial charge in [-0.3, -0.25) is 4.79 Å². The van der Waals surface area contributed by atoms with Gasteiger partial charge in [0, 0.05) is 26.7 Å². The standard InChI is InChI=1S/C13H24N2O3/c1-10-4-3-6-14-11(10)12(16)15-8-13(17-2)5-7-18-9-13/h10-11,14H,3-9H2,1-2H3,(H,15,16). The molecule has 0 saturated carbocycles. The summed E-state index contributed by atoms with van der Waals surface area (Å²) in [7, 11) is 1.68. The molecule has 2 heterocycles. The van der Waals surface area contributed by atoms with Crippen LogP contribution in [0.5, 0.6) is 0 Å². The predicted molar refractivity (Wildman–Crippen MR) is 68.4 cm³/mol. The molecule has 0 aromatic heterocycles. The molecule has 3 atom stereocenters. The van der Waals surface area contributed by atoms with Gasteiger partial charge in [0.2, 0.25) is 5.91 Å². The van der Waals surface area contributed by atoms with Crippen molar-refractivity contribution in [3.63, 3.8) is 0 Å². The zero-order valence-corrected chi connectivity index (χ0v) is 11.3. The van der Waals surface area contributed by atoms with Gasteiger partial charge in [-0.05, 0) is 25.3 Å².